The zero-order valence-electron chi connectivity index (χ0n) is 14.4. The standard InChI is InChI=1S/C18H21N3O3S/c1-4-12(2)13-5-7-14(8-6-13)19-18(25)20-16-10-9-15(21(22)23)11-17(16)24-3/h5-12H,4H2,1-3H3,(H2,19,20,25). The van der Waals surface area contributed by atoms with Crippen LogP contribution in [0.5, 0.6) is 5.75 Å². The zero-order chi connectivity index (χ0) is 18.4. The molecule has 2 N–H and O–H groups in total. The van der Waals surface area contributed by atoms with Crippen molar-refractivity contribution in [1.82, 2.24) is 0 Å². The molecular formula is C18H21N3O3S. The second-order valence-corrected chi connectivity index (χ2v) is 6.06. The summed E-state index contributed by atoms with van der Waals surface area (Å²) in [5, 5.41) is 17.3. The van der Waals surface area contributed by atoms with Gasteiger partial charge in [-0.3, -0.25) is 10.1 Å². The number of hydrogen-bond acceptors (Lipinski definition) is 4. The van der Waals surface area contributed by atoms with Gasteiger partial charge in [-0.2, -0.15) is 0 Å². The maximum atomic E-state index is 10.8. The Morgan fingerprint density at radius 1 is 1.24 bits per heavy atom. The van der Waals surface area contributed by atoms with E-state index in [2.05, 4.69) is 36.6 Å². The minimum atomic E-state index is -0.471. The van der Waals surface area contributed by atoms with Gasteiger partial charge in [-0.1, -0.05) is 26.0 Å². The number of ether oxygens (including phenoxy) is 1. The number of rotatable bonds is 6. The second-order valence-electron chi connectivity index (χ2n) is 5.65. The van der Waals surface area contributed by atoms with Crippen LogP contribution in [-0.4, -0.2) is 17.1 Å². The van der Waals surface area contributed by atoms with Gasteiger partial charge in [0.1, 0.15) is 5.75 Å². The van der Waals surface area contributed by atoms with Gasteiger partial charge in [-0.25, -0.2) is 0 Å². The summed E-state index contributed by atoms with van der Waals surface area (Å²) in [5.41, 5.74) is 2.66. The Labute approximate surface area is 152 Å². The van der Waals surface area contributed by atoms with Crippen LogP contribution in [0.4, 0.5) is 17.1 Å². The minimum absolute atomic E-state index is 0.0399. The van der Waals surface area contributed by atoms with E-state index in [4.69, 9.17) is 17.0 Å². The highest BCUT2D eigenvalue weighted by atomic mass is 32.1. The van der Waals surface area contributed by atoms with Crippen molar-refractivity contribution in [1.29, 1.82) is 0 Å². The molecule has 0 spiro atoms. The molecule has 0 fully saturated rings. The molecule has 0 aliphatic carbocycles. The lowest BCUT2D eigenvalue weighted by atomic mass is 9.99. The Hall–Kier alpha value is -2.67. The SMILES string of the molecule is CCC(C)c1ccc(NC(=S)Nc2ccc([N+](=O)[O-])cc2OC)cc1. The van der Waals surface area contributed by atoms with Crippen LogP contribution in [0, 0.1) is 10.1 Å². The maximum Gasteiger partial charge on any atom is 0.273 e. The first kappa shape index (κ1) is 18.7. The largest absolute Gasteiger partial charge is 0.494 e. The summed E-state index contributed by atoms with van der Waals surface area (Å²) in [7, 11) is 1.45. The summed E-state index contributed by atoms with van der Waals surface area (Å²) in [5.74, 6) is 0.869. The monoisotopic (exact) mass is 359 g/mol. The Balaban J connectivity index is 2.06. The van der Waals surface area contributed by atoms with Gasteiger partial charge in [0.25, 0.3) is 5.69 Å². The highest BCUT2D eigenvalue weighted by molar-refractivity contribution is 7.80. The number of nitro groups is 1. The van der Waals surface area contributed by atoms with Gasteiger partial charge < -0.3 is 15.4 Å². The van der Waals surface area contributed by atoms with Crippen LogP contribution in [0.1, 0.15) is 31.7 Å². The fourth-order valence-corrected chi connectivity index (χ4v) is 2.54. The predicted molar refractivity (Wildman–Crippen MR) is 105 cm³/mol. The van der Waals surface area contributed by atoms with Crippen LogP contribution in [0.25, 0.3) is 0 Å². The number of hydrogen-bond donors (Lipinski definition) is 2. The molecule has 0 aliphatic heterocycles. The Bertz CT molecular complexity index is 763. The molecule has 0 saturated heterocycles. The molecule has 0 heterocycles. The molecule has 1 atom stereocenters. The number of nitrogens with one attached hydrogen (secondary N) is 2. The lowest BCUT2D eigenvalue weighted by molar-refractivity contribution is -0.384. The van der Waals surface area contributed by atoms with Gasteiger partial charge in [0.15, 0.2) is 5.11 Å². The van der Waals surface area contributed by atoms with Crippen molar-refractivity contribution < 1.29 is 9.66 Å². The van der Waals surface area contributed by atoms with Crippen LogP contribution >= 0.6 is 12.2 Å². The molecule has 0 aliphatic rings. The zero-order valence-corrected chi connectivity index (χ0v) is 15.2. The fourth-order valence-electron chi connectivity index (χ4n) is 2.31. The van der Waals surface area contributed by atoms with Crippen LogP contribution in [-0.2, 0) is 0 Å². The van der Waals surface area contributed by atoms with Crippen molar-refractivity contribution in [2.24, 2.45) is 0 Å². The van der Waals surface area contributed by atoms with Crippen LogP contribution < -0.4 is 15.4 Å². The topological polar surface area (TPSA) is 76.4 Å². The van der Waals surface area contributed by atoms with Crippen molar-refractivity contribution >= 4 is 34.4 Å². The molecule has 0 saturated carbocycles. The highest BCUT2D eigenvalue weighted by Gasteiger charge is 2.12. The summed E-state index contributed by atoms with van der Waals surface area (Å²) < 4.78 is 5.19. The number of anilines is 2. The summed E-state index contributed by atoms with van der Waals surface area (Å²) in [6.07, 6.45) is 1.09. The number of non-ortho nitro benzene ring substituents is 1. The van der Waals surface area contributed by atoms with Gasteiger partial charge in [0, 0.05) is 11.8 Å². The molecule has 2 rings (SSSR count). The number of methoxy groups -OCH3 is 1. The Morgan fingerprint density at radius 3 is 2.48 bits per heavy atom. The lowest BCUT2D eigenvalue weighted by Crippen LogP contribution is -2.19. The first-order chi connectivity index (χ1) is 11.9. The van der Waals surface area contributed by atoms with E-state index in [1.165, 1.54) is 24.8 Å². The second kappa shape index (κ2) is 8.43. The van der Waals surface area contributed by atoms with Crippen molar-refractivity contribution in [2.75, 3.05) is 17.7 Å². The van der Waals surface area contributed by atoms with E-state index in [-0.39, 0.29) is 5.69 Å². The van der Waals surface area contributed by atoms with Crippen LogP contribution in [0.2, 0.25) is 0 Å². The molecule has 6 nitrogen and oxygen atoms in total. The molecule has 0 amide bonds. The van der Waals surface area contributed by atoms with Crippen molar-refractivity contribution in [3.8, 4) is 5.75 Å². The van der Waals surface area contributed by atoms with Gasteiger partial charge in [0.2, 0.25) is 0 Å². The summed E-state index contributed by atoms with van der Waals surface area (Å²) in [6.45, 7) is 4.35. The summed E-state index contributed by atoms with van der Waals surface area (Å²) in [4.78, 5) is 10.4. The Kier molecular flexibility index (Phi) is 6.30. The van der Waals surface area contributed by atoms with Crippen molar-refractivity contribution in [3.63, 3.8) is 0 Å². The van der Waals surface area contributed by atoms with Crippen LogP contribution in [0.3, 0.4) is 0 Å². The lowest BCUT2D eigenvalue weighted by Gasteiger charge is -2.14. The van der Waals surface area contributed by atoms with E-state index < -0.39 is 4.92 Å². The molecule has 1 unspecified atom stereocenters. The van der Waals surface area contributed by atoms with E-state index in [1.54, 1.807) is 6.07 Å². The van der Waals surface area contributed by atoms with E-state index in [1.807, 2.05) is 12.1 Å². The first-order valence-corrected chi connectivity index (χ1v) is 8.35. The molecule has 0 aromatic heterocycles. The highest BCUT2D eigenvalue weighted by Crippen LogP contribution is 2.29. The Morgan fingerprint density at radius 2 is 1.92 bits per heavy atom. The third kappa shape index (κ3) is 4.90. The van der Waals surface area contributed by atoms with E-state index >= 15 is 0 Å². The smallest absolute Gasteiger partial charge is 0.273 e. The molecule has 132 valence electrons. The van der Waals surface area contributed by atoms with E-state index in [0.29, 0.717) is 22.5 Å². The third-order valence-electron chi connectivity index (χ3n) is 3.99. The number of nitrogens with zero attached hydrogens (tertiary/aromatic N) is 1. The molecule has 0 bridgehead atoms. The molecule has 0 radical (unpaired) electrons. The van der Waals surface area contributed by atoms with Gasteiger partial charge in [0.05, 0.1) is 23.8 Å². The van der Waals surface area contributed by atoms with Gasteiger partial charge in [-0.05, 0) is 48.3 Å². The maximum absolute atomic E-state index is 10.8. The average Bonchev–Trinajstić information content (AvgIpc) is 2.61. The van der Waals surface area contributed by atoms with E-state index in [0.717, 1.165) is 12.1 Å². The van der Waals surface area contributed by atoms with Gasteiger partial charge >= 0.3 is 0 Å². The average molecular weight is 359 g/mol. The molecule has 7 heteroatoms. The van der Waals surface area contributed by atoms with E-state index in [9.17, 15) is 10.1 Å². The van der Waals surface area contributed by atoms with Crippen molar-refractivity contribution in [3.05, 3.63) is 58.1 Å². The fraction of sp³-hybridized carbons (Fsp3) is 0.278. The van der Waals surface area contributed by atoms with Crippen molar-refractivity contribution in [2.45, 2.75) is 26.2 Å². The molecule has 25 heavy (non-hydrogen) atoms. The quantitative estimate of drug-likeness (QED) is 0.433. The predicted octanol–water partition coefficient (Wildman–Crippen LogP) is 4.93. The normalized spacial score (nSPS) is 11.5. The summed E-state index contributed by atoms with van der Waals surface area (Å²) >= 11 is 5.31. The van der Waals surface area contributed by atoms with Gasteiger partial charge in [-0.15, -0.1) is 0 Å². The minimum Gasteiger partial charge on any atom is -0.494 e. The first-order valence-electron chi connectivity index (χ1n) is 7.95. The molecule has 2 aromatic rings. The molecular weight excluding hydrogens is 338 g/mol. The number of thiocarbonyl (C=S) groups is 1. The van der Waals surface area contributed by atoms with Crippen LogP contribution in [0.15, 0.2) is 42.5 Å². The molecule has 2 aromatic carbocycles. The number of nitro benzene ring substituents is 1. The summed E-state index contributed by atoms with van der Waals surface area (Å²) in [6, 6.07) is 12.4. The third-order valence-corrected chi connectivity index (χ3v) is 4.20. The number of benzene rings is 2.